The van der Waals surface area contributed by atoms with Gasteiger partial charge in [0.1, 0.15) is 23.2 Å². The first kappa shape index (κ1) is 15.0. The van der Waals surface area contributed by atoms with E-state index in [2.05, 4.69) is 9.97 Å². The molecule has 0 unspecified atom stereocenters. The molecule has 6 nitrogen and oxygen atoms in total. The van der Waals surface area contributed by atoms with Crippen molar-refractivity contribution in [1.82, 2.24) is 9.97 Å². The SMILES string of the molecule is O=S(=O)(c1ccccc1)c1cc2c(Cl)c(C3OC=CO3)cnc2[nH]1. The van der Waals surface area contributed by atoms with Gasteiger partial charge in [-0.05, 0) is 18.2 Å². The highest BCUT2D eigenvalue weighted by Gasteiger charge is 2.25. The van der Waals surface area contributed by atoms with E-state index in [1.54, 1.807) is 18.2 Å². The summed E-state index contributed by atoms with van der Waals surface area (Å²) < 4.78 is 35.9. The second-order valence-electron chi connectivity index (χ2n) is 5.12. The van der Waals surface area contributed by atoms with Crippen molar-refractivity contribution < 1.29 is 17.9 Å². The van der Waals surface area contributed by atoms with Gasteiger partial charge in [0.2, 0.25) is 9.84 Å². The maximum Gasteiger partial charge on any atom is 0.269 e. The molecule has 0 atom stereocenters. The second kappa shape index (κ2) is 5.54. The van der Waals surface area contributed by atoms with Crippen LogP contribution in [0.15, 0.2) is 65.0 Å². The minimum Gasteiger partial charge on any atom is -0.455 e. The van der Waals surface area contributed by atoms with E-state index in [1.165, 1.54) is 36.9 Å². The van der Waals surface area contributed by atoms with Gasteiger partial charge in [-0.3, -0.25) is 0 Å². The summed E-state index contributed by atoms with van der Waals surface area (Å²) >= 11 is 6.39. The fraction of sp³-hybridized carbons (Fsp3) is 0.0625. The molecule has 0 radical (unpaired) electrons. The molecule has 8 heteroatoms. The van der Waals surface area contributed by atoms with Gasteiger partial charge in [-0.2, -0.15) is 0 Å². The fourth-order valence-electron chi connectivity index (χ4n) is 2.46. The lowest BCUT2D eigenvalue weighted by molar-refractivity contribution is -0.0246. The maximum absolute atomic E-state index is 12.7. The lowest BCUT2D eigenvalue weighted by atomic mass is 10.2. The topological polar surface area (TPSA) is 81.3 Å². The summed E-state index contributed by atoms with van der Waals surface area (Å²) in [6.07, 6.45) is 3.64. The third kappa shape index (κ3) is 2.33. The Balaban J connectivity index is 1.83. The first-order valence-electron chi connectivity index (χ1n) is 7.00. The third-order valence-corrected chi connectivity index (χ3v) is 5.77. The van der Waals surface area contributed by atoms with Crippen LogP contribution in [0.4, 0.5) is 0 Å². The first-order valence-corrected chi connectivity index (χ1v) is 8.87. The van der Waals surface area contributed by atoms with Gasteiger partial charge in [-0.1, -0.05) is 29.8 Å². The van der Waals surface area contributed by atoms with Crippen LogP contribution in [0.1, 0.15) is 11.9 Å². The quantitative estimate of drug-likeness (QED) is 0.770. The molecule has 3 heterocycles. The van der Waals surface area contributed by atoms with Crippen molar-refractivity contribution in [2.75, 3.05) is 0 Å². The normalized spacial score (nSPS) is 14.7. The predicted octanol–water partition coefficient (Wildman–Crippen LogP) is 3.57. The summed E-state index contributed by atoms with van der Waals surface area (Å²) in [4.78, 5) is 7.23. The first-order chi connectivity index (χ1) is 11.6. The second-order valence-corrected chi connectivity index (χ2v) is 7.41. The van der Waals surface area contributed by atoms with Crippen molar-refractivity contribution in [3.8, 4) is 0 Å². The number of benzene rings is 1. The number of nitrogens with one attached hydrogen (secondary N) is 1. The average molecular weight is 363 g/mol. The maximum atomic E-state index is 12.7. The summed E-state index contributed by atoms with van der Waals surface area (Å²) in [5, 5.41) is 0.851. The Morgan fingerprint density at radius 1 is 1.12 bits per heavy atom. The summed E-state index contributed by atoms with van der Waals surface area (Å²) in [6, 6.07) is 9.63. The molecule has 0 saturated carbocycles. The van der Waals surface area contributed by atoms with Crippen molar-refractivity contribution in [1.29, 1.82) is 0 Å². The van der Waals surface area contributed by atoms with E-state index in [0.717, 1.165) is 0 Å². The van der Waals surface area contributed by atoms with E-state index in [4.69, 9.17) is 21.1 Å². The smallest absolute Gasteiger partial charge is 0.269 e. The number of fused-ring (bicyclic) bond motifs is 1. The van der Waals surface area contributed by atoms with Gasteiger partial charge in [0.15, 0.2) is 0 Å². The molecule has 0 bridgehead atoms. The van der Waals surface area contributed by atoms with E-state index in [-0.39, 0.29) is 9.92 Å². The fourth-order valence-corrected chi connectivity index (χ4v) is 4.01. The zero-order valence-corrected chi connectivity index (χ0v) is 13.7. The summed E-state index contributed by atoms with van der Waals surface area (Å²) in [5.41, 5.74) is 0.904. The Morgan fingerprint density at radius 2 is 1.83 bits per heavy atom. The van der Waals surface area contributed by atoms with Gasteiger partial charge in [-0.15, -0.1) is 0 Å². The number of aromatic amines is 1. The van der Waals surface area contributed by atoms with Crippen LogP contribution in [-0.4, -0.2) is 18.4 Å². The molecule has 1 N–H and O–H groups in total. The minimum atomic E-state index is -3.68. The van der Waals surface area contributed by atoms with Gasteiger partial charge in [0, 0.05) is 11.6 Å². The summed E-state index contributed by atoms with van der Waals surface area (Å²) in [6.45, 7) is 0. The number of aromatic nitrogens is 2. The minimum absolute atomic E-state index is 0.0293. The van der Waals surface area contributed by atoms with Crippen molar-refractivity contribution in [3.63, 3.8) is 0 Å². The summed E-state index contributed by atoms with van der Waals surface area (Å²) in [5.74, 6) is 0. The monoisotopic (exact) mass is 362 g/mol. The third-order valence-electron chi connectivity index (χ3n) is 3.65. The molecular formula is C16H11ClN2O4S. The molecule has 122 valence electrons. The van der Waals surface area contributed by atoms with E-state index in [1.807, 2.05) is 0 Å². The molecule has 1 aliphatic heterocycles. The Hall–Kier alpha value is -2.51. The Kier molecular flexibility index (Phi) is 3.47. The Morgan fingerprint density at radius 3 is 2.54 bits per heavy atom. The Labute approximate surface area is 142 Å². The molecule has 0 spiro atoms. The zero-order chi connectivity index (χ0) is 16.7. The highest BCUT2D eigenvalue weighted by Crippen LogP contribution is 2.35. The highest BCUT2D eigenvalue weighted by atomic mass is 35.5. The lowest BCUT2D eigenvalue weighted by Gasteiger charge is -2.11. The molecule has 3 aromatic rings. The molecule has 1 aliphatic rings. The number of nitrogens with zero attached hydrogens (tertiary/aromatic N) is 1. The van der Waals surface area contributed by atoms with Gasteiger partial charge in [-0.25, -0.2) is 13.4 Å². The number of pyridine rings is 1. The molecule has 4 rings (SSSR count). The molecule has 24 heavy (non-hydrogen) atoms. The van der Waals surface area contributed by atoms with Crippen LogP contribution in [0, 0.1) is 0 Å². The highest BCUT2D eigenvalue weighted by molar-refractivity contribution is 7.91. The van der Waals surface area contributed by atoms with Gasteiger partial charge in [0.05, 0.1) is 15.5 Å². The zero-order valence-electron chi connectivity index (χ0n) is 12.1. The largest absolute Gasteiger partial charge is 0.455 e. The number of rotatable bonds is 3. The number of hydrogen-bond acceptors (Lipinski definition) is 5. The predicted molar refractivity (Wildman–Crippen MR) is 87.0 cm³/mol. The number of sulfone groups is 1. The number of ether oxygens (including phenoxy) is 2. The van der Waals surface area contributed by atoms with E-state index in [9.17, 15) is 8.42 Å². The number of H-pyrrole nitrogens is 1. The molecule has 0 fully saturated rings. The van der Waals surface area contributed by atoms with Crippen LogP contribution >= 0.6 is 11.6 Å². The van der Waals surface area contributed by atoms with Crippen molar-refractivity contribution in [2.45, 2.75) is 16.2 Å². The van der Waals surface area contributed by atoms with E-state index >= 15 is 0 Å². The standard InChI is InChI=1S/C16H11ClN2O4S/c17-14-11-8-13(24(20,21)10-4-2-1-3-5-10)19-15(11)18-9-12(14)16-22-6-7-23-16/h1-9,16H,(H,18,19). The molecule has 1 aromatic carbocycles. The van der Waals surface area contributed by atoms with Crippen LogP contribution < -0.4 is 0 Å². The van der Waals surface area contributed by atoms with Crippen molar-refractivity contribution in [2.24, 2.45) is 0 Å². The van der Waals surface area contributed by atoms with Crippen LogP contribution in [0.3, 0.4) is 0 Å². The number of halogens is 1. The number of hydrogen-bond donors (Lipinski definition) is 1. The lowest BCUT2D eigenvalue weighted by Crippen LogP contribution is -2.01. The van der Waals surface area contributed by atoms with Gasteiger partial charge < -0.3 is 14.5 Å². The van der Waals surface area contributed by atoms with Gasteiger partial charge >= 0.3 is 0 Å². The van der Waals surface area contributed by atoms with Crippen LogP contribution in [0.5, 0.6) is 0 Å². The van der Waals surface area contributed by atoms with Crippen molar-refractivity contribution >= 4 is 32.5 Å². The molecule has 2 aromatic heterocycles. The van der Waals surface area contributed by atoms with Crippen LogP contribution in [0.2, 0.25) is 5.02 Å². The van der Waals surface area contributed by atoms with Crippen LogP contribution in [0.25, 0.3) is 11.0 Å². The Bertz CT molecular complexity index is 1040. The van der Waals surface area contributed by atoms with E-state index < -0.39 is 16.1 Å². The summed E-state index contributed by atoms with van der Waals surface area (Å²) in [7, 11) is -3.68. The van der Waals surface area contributed by atoms with Crippen molar-refractivity contribution in [3.05, 3.63) is 65.7 Å². The van der Waals surface area contributed by atoms with Gasteiger partial charge in [0.25, 0.3) is 6.29 Å². The van der Waals surface area contributed by atoms with E-state index in [0.29, 0.717) is 21.6 Å². The molecule has 0 saturated heterocycles. The molecule has 0 aliphatic carbocycles. The average Bonchev–Trinajstić information content (AvgIpc) is 3.26. The van der Waals surface area contributed by atoms with Crippen LogP contribution in [-0.2, 0) is 19.3 Å². The molecule has 0 amide bonds. The molecular weight excluding hydrogens is 352 g/mol.